The van der Waals surface area contributed by atoms with Crippen molar-refractivity contribution in [3.8, 4) is 5.75 Å². The number of carbonyl (C=O) groups is 2. The fourth-order valence-corrected chi connectivity index (χ4v) is 3.19. The molecule has 1 aliphatic rings. The van der Waals surface area contributed by atoms with Gasteiger partial charge in [0.1, 0.15) is 12.4 Å². The van der Waals surface area contributed by atoms with Crippen LogP contribution in [0.15, 0.2) is 48.5 Å². The van der Waals surface area contributed by atoms with E-state index in [0.29, 0.717) is 18.7 Å². The molecule has 0 atom stereocenters. The van der Waals surface area contributed by atoms with Gasteiger partial charge in [0.05, 0.1) is 13.7 Å². The molecule has 6 nitrogen and oxygen atoms in total. The van der Waals surface area contributed by atoms with Gasteiger partial charge in [-0.3, -0.25) is 9.59 Å². The van der Waals surface area contributed by atoms with Gasteiger partial charge in [-0.2, -0.15) is 0 Å². The minimum absolute atomic E-state index is 0.0242. The van der Waals surface area contributed by atoms with Crippen molar-refractivity contribution >= 4 is 11.8 Å². The second kappa shape index (κ2) is 9.90. The Morgan fingerprint density at radius 1 is 1.04 bits per heavy atom. The summed E-state index contributed by atoms with van der Waals surface area (Å²) in [5.74, 6) is 0.625. The zero-order chi connectivity index (χ0) is 19.8. The molecule has 2 aromatic carbocycles. The predicted molar refractivity (Wildman–Crippen MR) is 106 cm³/mol. The first kappa shape index (κ1) is 19.9. The molecule has 1 N–H and O–H groups in total. The maximum atomic E-state index is 12.5. The van der Waals surface area contributed by atoms with Crippen LogP contribution in [0, 0.1) is 0 Å². The second-order valence-electron chi connectivity index (χ2n) is 6.82. The van der Waals surface area contributed by atoms with E-state index >= 15 is 0 Å². The first-order chi connectivity index (χ1) is 13.7. The fourth-order valence-electron chi connectivity index (χ4n) is 3.19. The molecule has 0 spiro atoms. The summed E-state index contributed by atoms with van der Waals surface area (Å²) >= 11 is 0. The van der Waals surface area contributed by atoms with Crippen LogP contribution in [-0.4, -0.2) is 43.5 Å². The summed E-state index contributed by atoms with van der Waals surface area (Å²) in [6.07, 6.45) is 2.13. The van der Waals surface area contributed by atoms with Crippen molar-refractivity contribution in [3.05, 3.63) is 65.2 Å². The zero-order valence-electron chi connectivity index (χ0n) is 16.1. The Labute approximate surface area is 165 Å². The number of nitrogens with one attached hydrogen (secondary N) is 1. The molecular formula is C22H26N2O4. The van der Waals surface area contributed by atoms with Crippen LogP contribution in [0.25, 0.3) is 0 Å². The minimum Gasteiger partial charge on any atom is -0.497 e. The van der Waals surface area contributed by atoms with Crippen LogP contribution >= 0.6 is 0 Å². The maximum Gasteiger partial charge on any atom is 0.253 e. The van der Waals surface area contributed by atoms with Crippen LogP contribution in [0.4, 0.5) is 0 Å². The van der Waals surface area contributed by atoms with Gasteiger partial charge >= 0.3 is 0 Å². The number of ether oxygens (including phenoxy) is 2. The first-order valence-corrected chi connectivity index (χ1v) is 9.51. The Bertz CT molecular complexity index is 816. The average Bonchev–Trinajstić information content (AvgIpc) is 3.27. The molecule has 1 saturated heterocycles. The summed E-state index contributed by atoms with van der Waals surface area (Å²) in [5, 5.41) is 2.83. The molecule has 6 heteroatoms. The minimum atomic E-state index is -0.195. The molecule has 0 aromatic heterocycles. The number of amides is 2. The zero-order valence-corrected chi connectivity index (χ0v) is 16.1. The topological polar surface area (TPSA) is 67.9 Å². The highest BCUT2D eigenvalue weighted by molar-refractivity contribution is 5.94. The Hall–Kier alpha value is -2.86. The number of methoxy groups -OCH3 is 1. The lowest BCUT2D eigenvalue weighted by molar-refractivity contribution is -0.126. The summed E-state index contributed by atoms with van der Waals surface area (Å²) < 4.78 is 10.6. The van der Waals surface area contributed by atoms with Crippen molar-refractivity contribution in [1.29, 1.82) is 0 Å². The van der Waals surface area contributed by atoms with Gasteiger partial charge in [-0.1, -0.05) is 24.3 Å². The van der Waals surface area contributed by atoms with E-state index in [1.54, 1.807) is 7.11 Å². The smallest absolute Gasteiger partial charge is 0.253 e. The maximum absolute atomic E-state index is 12.5. The van der Waals surface area contributed by atoms with Crippen molar-refractivity contribution in [2.45, 2.75) is 26.0 Å². The molecule has 2 amide bonds. The third-order valence-electron chi connectivity index (χ3n) is 4.69. The van der Waals surface area contributed by atoms with Crippen LogP contribution in [0.5, 0.6) is 5.75 Å². The number of likely N-dealkylation sites (tertiary alicyclic amines) is 1. The van der Waals surface area contributed by atoms with Gasteiger partial charge < -0.3 is 19.7 Å². The second-order valence-corrected chi connectivity index (χ2v) is 6.82. The van der Waals surface area contributed by atoms with Crippen LogP contribution in [0.2, 0.25) is 0 Å². The van der Waals surface area contributed by atoms with Gasteiger partial charge in [0.2, 0.25) is 5.91 Å². The predicted octanol–water partition coefficient (Wildman–Crippen LogP) is 2.76. The molecule has 3 rings (SSSR count). The van der Waals surface area contributed by atoms with Gasteiger partial charge in [0.15, 0.2) is 0 Å². The summed E-state index contributed by atoms with van der Waals surface area (Å²) in [6, 6.07) is 15.0. The van der Waals surface area contributed by atoms with Crippen molar-refractivity contribution in [2.75, 3.05) is 26.8 Å². The third kappa shape index (κ3) is 5.57. The molecule has 148 valence electrons. The van der Waals surface area contributed by atoms with Crippen LogP contribution in [0.3, 0.4) is 0 Å². The van der Waals surface area contributed by atoms with E-state index in [2.05, 4.69) is 5.32 Å². The van der Waals surface area contributed by atoms with Crippen LogP contribution in [0.1, 0.15) is 34.3 Å². The molecule has 1 fully saturated rings. The molecule has 0 radical (unpaired) electrons. The number of carbonyl (C=O) groups excluding carboxylic acids is 2. The van der Waals surface area contributed by atoms with Crippen LogP contribution < -0.4 is 10.1 Å². The van der Waals surface area contributed by atoms with Gasteiger partial charge in [0, 0.05) is 25.2 Å². The first-order valence-electron chi connectivity index (χ1n) is 9.51. The summed E-state index contributed by atoms with van der Waals surface area (Å²) in [5.41, 5.74) is 2.51. The number of benzene rings is 2. The van der Waals surface area contributed by atoms with E-state index in [9.17, 15) is 9.59 Å². The van der Waals surface area contributed by atoms with E-state index in [1.807, 2.05) is 53.4 Å². The van der Waals surface area contributed by atoms with Crippen LogP contribution in [-0.2, 0) is 22.7 Å². The van der Waals surface area contributed by atoms with E-state index < -0.39 is 0 Å². The molecule has 0 saturated carbocycles. The number of rotatable bonds is 8. The molecule has 2 aromatic rings. The quantitative estimate of drug-likeness (QED) is 0.762. The Kier molecular flexibility index (Phi) is 7.03. The lowest BCUT2D eigenvalue weighted by Crippen LogP contribution is -2.28. The van der Waals surface area contributed by atoms with Crippen molar-refractivity contribution in [1.82, 2.24) is 10.2 Å². The average molecular weight is 382 g/mol. The van der Waals surface area contributed by atoms with Crippen molar-refractivity contribution in [2.24, 2.45) is 0 Å². The Balaban J connectivity index is 1.44. The van der Waals surface area contributed by atoms with Gasteiger partial charge in [-0.25, -0.2) is 0 Å². The molecule has 0 aliphatic carbocycles. The highest BCUT2D eigenvalue weighted by Crippen LogP contribution is 2.15. The fraction of sp³-hybridized carbons (Fsp3) is 0.364. The number of hydrogen-bond donors (Lipinski definition) is 1. The lowest BCUT2D eigenvalue weighted by atomic mass is 10.1. The number of nitrogens with zero attached hydrogens (tertiary/aromatic N) is 1. The monoisotopic (exact) mass is 382 g/mol. The molecule has 0 bridgehead atoms. The van der Waals surface area contributed by atoms with E-state index in [-0.39, 0.29) is 18.4 Å². The summed E-state index contributed by atoms with van der Waals surface area (Å²) in [4.78, 5) is 26.4. The lowest BCUT2D eigenvalue weighted by Gasteiger charge is -2.15. The van der Waals surface area contributed by atoms with E-state index in [4.69, 9.17) is 9.47 Å². The molecule has 0 unspecified atom stereocenters. The summed E-state index contributed by atoms with van der Waals surface area (Å²) in [6.45, 7) is 2.32. The molecule has 1 aliphatic heterocycles. The van der Waals surface area contributed by atoms with Gasteiger partial charge in [0.25, 0.3) is 5.91 Å². The molecular weight excluding hydrogens is 356 g/mol. The van der Waals surface area contributed by atoms with E-state index in [0.717, 1.165) is 42.8 Å². The largest absolute Gasteiger partial charge is 0.497 e. The standard InChI is InChI=1S/C22H26N2O4/c1-27-20-9-5-7-18(13-20)15-28-16-21(25)23-14-17-6-4-8-19(12-17)22(26)24-10-2-3-11-24/h4-9,12-13H,2-3,10-11,14-16H2,1H3,(H,23,25). The van der Waals surface area contributed by atoms with Crippen molar-refractivity contribution in [3.63, 3.8) is 0 Å². The Morgan fingerprint density at radius 2 is 1.79 bits per heavy atom. The highest BCUT2D eigenvalue weighted by Gasteiger charge is 2.19. The van der Waals surface area contributed by atoms with Crippen molar-refractivity contribution < 1.29 is 19.1 Å². The van der Waals surface area contributed by atoms with Gasteiger partial charge in [-0.15, -0.1) is 0 Å². The third-order valence-corrected chi connectivity index (χ3v) is 4.69. The molecule has 28 heavy (non-hydrogen) atoms. The van der Waals surface area contributed by atoms with E-state index in [1.165, 1.54) is 0 Å². The van der Waals surface area contributed by atoms with Gasteiger partial charge in [-0.05, 0) is 48.2 Å². The number of hydrogen-bond acceptors (Lipinski definition) is 4. The molecule has 1 heterocycles. The Morgan fingerprint density at radius 3 is 2.57 bits per heavy atom. The highest BCUT2D eigenvalue weighted by atomic mass is 16.5. The normalized spacial score (nSPS) is 13.4. The summed E-state index contributed by atoms with van der Waals surface area (Å²) in [7, 11) is 1.61. The SMILES string of the molecule is COc1cccc(COCC(=O)NCc2cccc(C(=O)N3CCCC3)c2)c1.